The normalized spacial score (nSPS) is 10.5. The highest BCUT2D eigenvalue weighted by Gasteiger charge is 2.10. The van der Waals surface area contributed by atoms with Crippen molar-refractivity contribution in [2.45, 2.75) is 27.2 Å². The highest BCUT2D eigenvalue weighted by Crippen LogP contribution is 2.17. The van der Waals surface area contributed by atoms with Gasteiger partial charge in [0.05, 0.1) is 0 Å². The van der Waals surface area contributed by atoms with Gasteiger partial charge in [-0.25, -0.2) is 0 Å². The monoisotopic (exact) mass is 244 g/mol. The Morgan fingerprint density at radius 1 is 1.18 bits per heavy atom. The fourth-order valence-electron chi connectivity index (χ4n) is 1.86. The molecular weight excluding hydrogens is 228 g/mol. The molecule has 0 atom stereocenters. The first kappa shape index (κ1) is 12.1. The molecule has 2 aromatic rings. The Balaban J connectivity index is 2.21. The highest BCUT2D eigenvalue weighted by molar-refractivity contribution is 7.10. The average Bonchev–Trinajstić information content (AvgIpc) is 2.70. The van der Waals surface area contributed by atoms with Crippen molar-refractivity contribution in [2.24, 2.45) is 0 Å². The zero-order valence-electron chi connectivity index (χ0n) is 10.4. The number of hydrogen-bond donors (Lipinski definition) is 0. The average molecular weight is 244 g/mol. The zero-order valence-corrected chi connectivity index (χ0v) is 11.2. The SMILES string of the molecule is Cc1ccc(C)c(CC(=O)c2csc(C)c2)c1. The summed E-state index contributed by atoms with van der Waals surface area (Å²) in [5.74, 6) is 0.211. The summed E-state index contributed by atoms with van der Waals surface area (Å²) in [6, 6.07) is 8.24. The fraction of sp³-hybridized carbons (Fsp3) is 0.267. The largest absolute Gasteiger partial charge is 0.294 e. The Morgan fingerprint density at radius 2 is 1.94 bits per heavy atom. The third-order valence-corrected chi connectivity index (χ3v) is 3.77. The zero-order chi connectivity index (χ0) is 12.4. The summed E-state index contributed by atoms with van der Waals surface area (Å²) in [5, 5.41) is 1.95. The van der Waals surface area contributed by atoms with Gasteiger partial charge in [0, 0.05) is 22.2 Å². The Bertz CT molecular complexity index is 552. The Morgan fingerprint density at radius 3 is 2.59 bits per heavy atom. The van der Waals surface area contributed by atoms with Gasteiger partial charge in [0.25, 0.3) is 0 Å². The number of carbonyl (C=O) groups is 1. The van der Waals surface area contributed by atoms with Crippen molar-refractivity contribution in [3.05, 3.63) is 56.8 Å². The molecule has 0 unspecified atom stereocenters. The number of thiophene rings is 1. The quantitative estimate of drug-likeness (QED) is 0.743. The van der Waals surface area contributed by atoms with E-state index in [1.54, 1.807) is 11.3 Å². The minimum atomic E-state index is 0.211. The fourth-order valence-corrected chi connectivity index (χ4v) is 2.56. The van der Waals surface area contributed by atoms with E-state index in [1.165, 1.54) is 16.0 Å². The van der Waals surface area contributed by atoms with Gasteiger partial charge in [-0.3, -0.25) is 4.79 Å². The molecule has 2 rings (SSSR count). The first-order valence-electron chi connectivity index (χ1n) is 5.71. The van der Waals surface area contributed by atoms with Gasteiger partial charge in [-0.1, -0.05) is 23.8 Å². The minimum absolute atomic E-state index is 0.211. The van der Waals surface area contributed by atoms with E-state index in [0.29, 0.717) is 6.42 Å². The summed E-state index contributed by atoms with van der Waals surface area (Å²) in [7, 11) is 0. The van der Waals surface area contributed by atoms with Crippen molar-refractivity contribution in [3.63, 3.8) is 0 Å². The van der Waals surface area contributed by atoms with Crippen LogP contribution in [0.1, 0.15) is 31.9 Å². The van der Waals surface area contributed by atoms with E-state index in [4.69, 9.17) is 0 Å². The molecule has 0 saturated carbocycles. The molecule has 1 aromatic heterocycles. The molecule has 0 spiro atoms. The molecule has 0 N–H and O–H groups in total. The number of hydrogen-bond acceptors (Lipinski definition) is 2. The van der Waals surface area contributed by atoms with Gasteiger partial charge in [0.15, 0.2) is 5.78 Å². The van der Waals surface area contributed by atoms with Crippen LogP contribution in [-0.4, -0.2) is 5.78 Å². The van der Waals surface area contributed by atoms with Crippen LogP contribution in [0, 0.1) is 20.8 Å². The summed E-state index contributed by atoms with van der Waals surface area (Å²) in [5.41, 5.74) is 4.38. The smallest absolute Gasteiger partial charge is 0.168 e. The molecular formula is C15H16OS. The van der Waals surface area contributed by atoms with Crippen LogP contribution in [0.15, 0.2) is 29.6 Å². The molecule has 0 bridgehead atoms. The van der Waals surface area contributed by atoms with E-state index in [-0.39, 0.29) is 5.78 Å². The topological polar surface area (TPSA) is 17.1 Å². The van der Waals surface area contributed by atoms with Crippen molar-refractivity contribution < 1.29 is 4.79 Å². The van der Waals surface area contributed by atoms with E-state index in [0.717, 1.165) is 11.1 Å². The number of benzene rings is 1. The summed E-state index contributed by atoms with van der Waals surface area (Å²) in [6.07, 6.45) is 0.504. The van der Waals surface area contributed by atoms with Crippen LogP contribution in [-0.2, 0) is 6.42 Å². The van der Waals surface area contributed by atoms with Gasteiger partial charge >= 0.3 is 0 Å². The van der Waals surface area contributed by atoms with Crippen LogP contribution < -0.4 is 0 Å². The van der Waals surface area contributed by atoms with E-state index in [1.807, 2.05) is 18.4 Å². The predicted octanol–water partition coefficient (Wildman–Crippen LogP) is 4.10. The molecule has 2 heteroatoms. The van der Waals surface area contributed by atoms with Crippen LogP contribution in [0.25, 0.3) is 0 Å². The molecule has 1 nitrogen and oxygen atoms in total. The Kier molecular flexibility index (Phi) is 3.43. The van der Waals surface area contributed by atoms with E-state index < -0.39 is 0 Å². The van der Waals surface area contributed by atoms with Crippen molar-refractivity contribution >= 4 is 17.1 Å². The van der Waals surface area contributed by atoms with Gasteiger partial charge in [0.2, 0.25) is 0 Å². The van der Waals surface area contributed by atoms with Crippen molar-refractivity contribution in [1.29, 1.82) is 0 Å². The van der Waals surface area contributed by atoms with Gasteiger partial charge in [-0.05, 0) is 38.0 Å². The van der Waals surface area contributed by atoms with Gasteiger partial charge < -0.3 is 0 Å². The van der Waals surface area contributed by atoms with Crippen molar-refractivity contribution in [1.82, 2.24) is 0 Å². The Hall–Kier alpha value is -1.41. The second-order valence-corrected chi connectivity index (χ2v) is 5.59. The summed E-state index contributed by atoms with van der Waals surface area (Å²) in [4.78, 5) is 13.3. The third-order valence-electron chi connectivity index (χ3n) is 2.91. The molecule has 0 saturated heterocycles. The van der Waals surface area contributed by atoms with E-state index in [2.05, 4.69) is 32.0 Å². The van der Waals surface area contributed by atoms with Crippen molar-refractivity contribution in [2.75, 3.05) is 0 Å². The first-order valence-corrected chi connectivity index (χ1v) is 6.58. The number of ketones is 1. The lowest BCUT2D eigenvalue weighted by molar-refractivity contribution is 0.0993. The number of aryl methyl sites for hydroxylation is 3. The van der Waals surface area contributed by atoms with Crippen LogP contribution in [0.3, 0.4) is 0 Å². The molecule has 0 aliphatic carbocycles. The van der Waals surface area contributed by atoms with Crippen LogP contribution in [0.2, 0.25) is 0 Å². The summed E-state index contributed by atoms with van der Waals surface area (Å²) in [6.45, 7) is 6.14. The summed E-state index contributed by atoms with van der Waals surface area (Å²) < 4.78 is 0. The first-order chi connectivity index (χ1) is 8.06. The maximum atomic E-state index is 12.1. The van der Waals surface area contributed by atoms with Gasteiger partial charge in [0.1, 0.15) is 0 Å². The van der Waals surface area contributed by atoms with E-state index >= 15 is 0 Å². The van der Waals surface area contributed by atoms with Crippen LogP contribution >= 0.6 is 11.3 Å². The predicted molar refractivity (Wildman–Crippen MR) is 73.0 cm³/mol. The summed E-state index contributed by atoms with van der Waals surface area (Å²) >= 11 is 1.63. The molecule has 0 aliphatic heterocycles. The second-order valence-electron chi connectivity index (χ2n) is 4.48. The minimum Gasteiger partial charge on any atom is -0.294 e. The number of carbonyl (C=O) groups excluding carboxylic acids is 1. The molecule has 0 radical (unpaired) electrons. The molecule has 0 fully saturated rings. The third kappa shape index (κ3) is 2.83. The Labute approximate surface area is 106 Å². The standard InChI is InChI=1S/C15H16OS/c1-10-4-5-11(2)13(6-10)8-15(16)14-7-12(3)17-9-14/h4-7,9H,8H2,1-3H3. The lowest BCUT2D eigenvalue weighted by atomic mass is 9.99. The lowest BCUT2D eigenvalue weighted by Gasteiger charge is -2.05. The van der Waals surface area contributed by atoms with Gasteiger partial charge in [-0.15, -0.1) is 11.3 Å². The van der Waals surface area contributed by atoms with E-state index in [9.17, 15) is 4.79 Å². The molecule has 17 heavy (non-hydrogen) atoms. The molecule has 0 amide bonds. The van der Waals surface area contributed by atoms with Crippen LogP contribution in [0.4, 0.5) is 0 Å². The number of Topliss-reactive ketones (excluding diaryl/α,β-unsaturated/α-hetero) is 1. The van der Waals surface area contributed by atoms with Crippen molar-refractivity contribution in [3.8, 4) is 0 Å². The number of rotatable bonds is 3. The molecule has 1 heterocycles. The highest BCUT2D eigenvalue weighted by atomic mass is 32.1. The maximum Gasteiger partial charge on any atom is 0.168 e. The molecule has 0 aliphatic rings. The lowest BCUT2D eigenvalue weighted by Crippen LogP contribution is -2.03. The van der Waals surface area contributed by atoms with Gasteiger partial charge in [-0.2, -0.15) is 0 Å². The molecule has 88 valence electrons. The maximum absolute atomic E-state index is 12.1. The second kappa shape index (κ2) is 4.84. The molecule has 1 aromatic carbocycles. The van der Waals surface area contributed by atoms with Crippen LogP contribution in [0.5, 0.6) is 0 Å².